The van der Waals surface area contributed by atoms with Crippen LogP contribution in [0.4, 0.5) is 0 Å². The molecule has 1 aliphatic carbocycles. The maximum absolute atomic E-state index is 6.18. The Morgan fingerprint density at radius 1 is 1.20 bits per heavy atom. The second-order valence-electron chi connectivity index (χ2n) is 5.19. The van der Waals surface area contributed by atoms with E-state index in [0.29, 0.717) is 12.6 Å². The van der Waals surface area contributed by atoms with Gasteiger partial charge < -0.3 is 15.2 Å². The second-order valence-corrected chi connectivity index (χ2v) is 6.90. The molecule has 1 saturated carbocycles. The quantitative estimate of drug-likeness (QED) is 0.802. The fourth-order valence-corrected chi connectivity index (χ4v) is 4.09. The number of hydrogen-bond acceptors (Lipinski definition) is 3. The minimum atomic E-state index is 0.224. The summed E-state index contributed by atoms with van der Waals surface area (Å²) in [6, 6.07) is 4.17. The van der Waals surface area contributed by atoms with Gasteiger partial charge >= 0.3 is 0 Å². The van der Waals surface area contributed by atoms with Crippen molar-refractivity contribution in [2.45, 2.75) is 44.3 Å². The van der Waals surface area contributed by atoms with Crippen LogP contribution in [0.2, 0.25) is 0 Å². The normalized spacial score (nSPS) is 22.8. The van der Waals surface area contributed by atoms with Crippen LogP contribution in [0, 0.1) is 0 Å². The highest BCUT2D eigenvalue weighted by atomic mass is 79.9. The van der Waals surface area contributed by atoms with Crippen molar-refractivity contribution in [2.75, 3.05) is 13.7 Å². The number of hydrogen-bond donors (Lipinski definition) is 1. The Balaban J connectivity index is 2.09. The lowest BCUT2D eigenvalue weighted by molar-refractivity contribution is 0.0205. The van der Waals surface area contributed by atoms with Crippen molar-refractivity contribution >= 4 is 31.9 Å². The first kappa shape index (κ1) is 16.3. The van der Waals surface area contributed by atoms with E-state index in [1.54, 1.807) is 7.11 Å². The molecule has 2 unspecified atom stereocenters. The molecule has 0 bridgehead atoms. The molecule has 1 aromatic carbocycles. The lowest BCUT2D eigenvalue weighted by Crippen LogP contribution is -2.29. The Labute approximate surface area is 137 Å². The third kappa shape index (κ3) is 4.20. The van der Waals surface area contributed by atoms with Crippen LogP contribution in [-0.4, -0.2) is 25.9 Å². The first-order chi connectivity index (χ1) is 9.63. The molecule has 0 saturated heterocycles. The Kier molecular flexibility index (Phi) is 6.33. The number of nitrogens with two attached hydrogens (primary N) is 1. The molecule has 0 aliphatic heterocycles. The molecule has 1 aromatic rings. The van der Waals surface area contributed by atoms with Crippen molar-refractivity contribution < 1.29 is 9.47 Å². The summed E-state index contributed by atoms with van der Waals surface area (Å²) in [5.74, 6) is 0.882. The molecular formula is C15H21Br2NO2. The van der Waals surface area contributed by atoms with E-state index in [4.69, 9.17) is 15.2 Å². The number of halogens is 2. The van der Waals surface area contributed by atoms with Crippen LogP contribution in [0.15, 0.2) is 21.1 Å². The fourth-order valence-electron chi connectivity index (χ4n) is 2.63. The summed E-state index contributed by atoms with van der Waals surface area (Å²) in [6.07, 6.45) is 5.75. The predicted octanol–water partition coefficient (Wildman–Crippen LogP) is 4.05. The Hall–Kier alpha value is -0.100. The van der Waals surface area contributed by atoms with Gasteiger partial charge in [-0.3, -0.25) is 0 Å². The van der Waals surface area contributed by atoms with Crippen molar-refractivity contribution in [2.24, 2.45) is 5.73 Å². The number of methoxy groups -OCH3 is 1. The summed E-state index contributed by atoms with van der Waals surface area (Å²) in [5.41, 5.74) is 6.81. The van der Waals surface area contributed by atoms with Crippen LogP contribution in [0.5, 0.6) is 5.75 Å². The Bertz CT molecular complexity index is 430. The van der Waals surface area contributed by atoms with Gasteiger partial charge in [0, 0.05) is 13.5 Å². The van der Waals surface area contributed by atoms with Gasteiger partial charge in [-0.25, -0.2) is 0 Å². The molecule has 20 heavy (non-hydrogen) atoms. The molecule has 2 rings (SSSR count). The van der Waals surface area contributed by atoms with Crippen LogP contribution in [0.3, 0.4) is 0 Å². The van der Waals surface area contributed by atoms with Gasteiger partial charge in [0.05, 0.1) is 15.0 Å². The smallest absolute Gasteiger partial charge is 0.148 e. The van der Waals surface area contributed by atoms with E-state index in [0.717, 1.165) is 46.8 Å². The van der Waals surface area contributed by atoms with Gasteiger partial charge in [-0.15, -0.1) is 0 Å². The van der Waals surface area contributed by atoms with Crippen molar-refractivity contribution in [3.8, 4) is 5.75 Å². The van der Waals surface area contributed by atoms with Crippen LogP contribution in [-0.2, 0) is 11.2 Å². The minimum Gasteiger partial charge on any atom is -0.488 e. The monoisotopic (exact) mass is 405 g/mol. The first-order valence-corrected chi connectivity index (χ1v) is 8.60. The van der Waals surface area contributed by atoms with E-state index < -0.39 is 0 Å². The fraction of sp³-hybridized carbons (Fsp3) is 0.600. The predicted molar refractivity (Wildman–Crippen MR) is 88.3 cm³/mol. The summed E-state index contributed by atoms with van der Waals surface area (Å²) in [4.78, 5) is 0. The molecule has 0 radical (unpaired) electrons. The Morgan fingerprint density at radius 2 is 1.85 bits per heavy atom. The van der Waals surface area contributed by atoms with Gasteiger partial charge in [-0.1, -0.05) is 0 Å². The molecule has 1 aliphatic rings. The number of ether oxygens (including phenoxy) is 2. The zero-order chi connectivity index (χ0) is 14.5. The summed E-state index contributed by atoms with van der Waals surface area (Å²) < 4.78 is 13.6. The average molecular weight is 407 g/mol. The van der Waals surface area contributed by atoms with Gasteiger partial charge in [0.1, 0.15) is 11.9 Å². The molecule has 112 valence electrons. The highest BCUT2D eigenvalue weighted by Gasteiger charge is 2.24. The van der Waals surface area contributed by atoms with Gasteiger partial charge in [0.25, 0.3) is 0 Å². The summed E-state index contributed by atoms with van der Waals surface area (Å²) in [6.45, 7) is 0.650. The van der Waals surface area contributed by atoms with E-state index in [1.165, 1.54) is 5.56 Å². The van der Waals surface area contributed by atoms with Crippen LogP contribution < -0.4 is 10.5 Å². The van der Waals surface area contributed by atoms with E-state index in [9.17, 15) is 0 Å². The molecule has 0 amide bonds. The molecule has 0 aromatic heterocycles. The molecule has 0 heterocycles. The van der Waals surface area contributed by atoms with Crippen LogP contribution in [0.1, 0.15) is 31.2 Å². The third-order valence-corrected chi connectivity index (χ3v) is 4.86. The summed E-state index contributed by atoms with van der Waals surface area (Å²) >= 11 is 7.20. The van der Waals surface area contributed by atoms with Crippen molar-refractivity contribution in [1.29, 1.82) is 0 Å². The van der Waals surface area contributed by atoms with Crippen LogP contribution >= 0.6 is 31.9 Å². The molecular weight excluding hydrogens is 386 g/mol. The zero-order valence-corrected chi connectivity index (χ0v) is 14.9. The van der Waals surface area contributed by atoms with Crippen molar-refractivity contribution in [3.63, 3.8) is 0 Å². The highest BCUT2D eigenvalue weighted by Crippen LogP contribution is 2.37. The van der Waals surface area contributed by atoms with Gasteiger partial charge in [0.15, 0.2) is 0 Å². The van der Waals surface area contributed by atoms with E-state index in [-0.39, 0.29) is 6.10 Å². The minimum absolute atomic E-state index is 0.224. The molecule has 2 atom stereocenters. The van der Waals surface area contributed by atoms with Crippen LogP contribution in [0.25, 0.3) is 0 Å². The number of benzene rings is 1. The molecule has 0 spiro atoms. The van der Waals surface area contributed by atoms with E-state index >= 15 is 0 Å². The maximum atomic E-state index is 6.18. The Morgan fingerprint density at radius 3 is 2.45 bits per heavy atom. The van der Waals surface area contributed by atoms with Gasteiger partial charge in [-0.2, -0.15) is 0 Å². The second kappa shape index (κ2) is 7.78. The third-order valence-electron chi connectivity index (χ3n) is 3.69. The highest BCUT2D eigenvalue weighted by molar-refractivity contribution is 9.11. The maximum Gasteiger partial charge on any atom is 0.148 e. The summed E-state index contributed by atoms with van der Waals surface area (Å²) in [5, 5.41) is 0. The zero-order valence-electron chi connectivity index (χ0n) is 11.7. The standard InChI is InChI=1S/C15H21Br2NO2/c1-19-11-3-2-4-12(9-11)20-15-13(16)7-10(5-6-18)8-14(15)17/h7-8,11-12H,2-6,9,18H2,1H3. The lowest BCUT2D eigenvalue weighted by atomic mass is 9.95. The topological polar surface area (TPSA) is 44.5 Å². The average Bonchev–Trinajstić information content (AvgIpc) is 2.43. The van der Waals surface area contributed by atoms with Gasteiger partial charge in [0.2, 0.25) is 0 Å². The SMILES string of the molecule is COC1CCCC(Oc2c(Br)cc(CCN)cc2Br)C1. The first-order valence-electron chi connectivity index (χ1n) is 7.01. The summed E-state index contributed by atoms with van der Waals surface area (Å²) in [7, 11) is 1.78. The largest absolute Gasteiger partial charge is 0.488 e. The molecule has 5 heteroatoms. The van der Waals surface area contributed by atoms with E-state index in [2.05, 4.69) is 44.0 Å². The molecule has 2 N–H and O–H groups in total. The van der Waals surface area contributed by atoms with Crippen molar-refractivity contribution in [1.82, 2.24) is 0 Å². The van der Waals surface area contributed by atoms with Crippen molar-refractivity contribution in [3.05, 3.63) is 26.6 Å². The molecule has 3 nitrogen and oxygen atoms in total. The van der Waals surface area contributed by atoms with Gasteiger partial charge in [-0.05, 0) is 81.8 Å². The lowest BCUT2D eigenvalue weighted by Gasteiger charge is -2.29. The molecule has 1 fully saturated rings. The number of rotatable bonds is 5. The van der Waals surface area contributed by atoms with E-state index in [1.807, 2.05) is 0 Å².